The molecule has 0 radical (unpaired) electrons. The van der Waals surface area contributed by atoms with E-state index in [0.717, 1.165) is 11.3 Å². The molecule has 112 valence electrons. The molecule has 1 saturated heterocycles. The molecule has 1 aromatic rings. The van der Waals surface area contributed by atoms with Gasteiger partial charge in [-0.2, -0.15) is 0 Å². The van der Waals surface area contributed by atoms with Crippen LogP contribution in [0.2, 0.25) is 0 Å². The van der Waals surface area contributed by atoms with Crippen LogP contribution >= 0.6 is 0 Å². The van der Waals surface area contributed by atoms with Crippen molar-refractivity contribution in [3.63, 3.8) is 0 Å². The van der Waals surface area contributed by atoms with Crippen molar-refractivity contribution in [1.29, 1.82) is 0 Å². The Kier molecular flexibility index (Phi) is 3.15. The molecule has 2 bridgehead atoms. The number of hydrogen-bond acceptors (Lipinski definition) is 4. The molecule has 1 fully saturated rings. The minimum absolute atomic E-state index is 0.0282. The molecular formula is C16H19NO4. The van der Waals surface area contributed by atoms with E-state index >= 15 is 0 Å². The van der Waals surface area contributed by atoms with Crippen molar-refractivity contribution in [2.75, 3.05) is 6.61 Å². The van der Waals surface area contributed by atoms with Crippen LogP contribution in [0.1, 0.15) is 32.3 Å². The predicted molar refractivity (Wildman–Crippen MR) is 75.6 cm³/mol. The lowest BCUT2D eigenvalue weighted by Gasteiger charge is -2.51. The molecule has 4 atom stereocenters. The summed E-state index contributed by atoms with van der Waals surface area (Å²) in [6.45, 7) is 5.84. The van der Waals surface area contributed by atoms with Crippen molar-refractivity contribution in [2.45, 2.75) is 32.4 Å². The van der Waals surface area contributed by atoms with E-state index in [0.29, 0.717) is 0 Å². The summed E-state index contributed by atoms with van der Waals surface area (Å²) in [7, 11) is 0. The molecule has 0 unspecified atom stereocenters. The van der Waals surface area contributed by atoms with E-state index in [-0.39, 0.29) is 24.3 Å². The molecule has 3 rings (SSSR count). The van der Waals surface area contributed by atoms with E-state index in [9.17, 15) is 9.59 Å². The van der Waals surface area contributed by atoms with Crippen LogP contribution in [-0.2, 0) is 14.3 Å². The molecule has 1 N–H and O–H groups in total. The number of benzene rings is 1. The van der Waals surface area contributed by atoms with Gasteiger partial charge in [0.25, 0.3) is 0 Å². The number of carbonyl (C=O) groups excluding carboxylic acids is 2. The van der Waals surface area contributed by atoms with Gasteiger partial charge in [0, 0.05) is 11.8 Å². The van der Waals surface area contributed by atoms with Crippen molar-refractivity contribution in [3.8, 4) is 5.75 Å². The van der Waals surface area contributed by atoms with Crippen LogP contribution < -0.4 is 10.1 Å². The van der Waals surface area contributed by atoms with E-state index in [2.05, 4.69) is 5.32 Å². The number of esters is 1. The minimum Gasteiger partial charge on any atom is -0.468 e. The zero-order chi connectivity index (χ0) is 15.2. The molecule has 0 spiro atoms. The van der Waals surface area contributed by atoms with Crippen LogP contribution in [0.3, 0.4) is 0 Å². The molecule has 2 aliphatic rings. The second-order valence-electron chi connectivity index (χ2n) is 5.78. The number of amides is 1. The summed E-state index contributed by atoms with van der Waals surface area (Å²) in [4.78, 5) is 24.6. The molecule has 1 amide bonds. The largest absolute Gasteiger partial charge is 0.468 e. The van der Waals surface area contributed by atoms with Gasteiger partial charge in [-0.1, -0.05) is 25.1 Å². The van der Waals surface area contributed by atoms with Crippen molar-refractivity contribution < 1.29 is 19.1 Å². The van der Waals surface area contributed by atoms with Gasteiger partial charge in [-0.15, -0.1) is 0 Å². The Morgan fingerprint density at radius 2 is 2.14 bits per heavy atom. The third-order valence-corrected chi connectivity index (χ3v) is 4.56. The van der Waals surface area contributed by atoms with Gasteiger partial charge < -0.3 is 14.8 Å². The average molecular weight is 289 g/mol. The number of hydrogen-bond donors (Lipinski definition) is 1. The molecule has 5 heteroatoms. The van der Waals surface area contributed by atoms with E-state index in [1.54, 1.807) is 6.92 Å². The lowest BCUT2D eigenvalue weighted by atomic mass is 9.68. The first kappa shape index (κ1) is 13.9. The van der Waals surface area contributed by atoms with E-state index in [1.165, 1.54) is 0 Å². The lowest BCUT2D eigenvalue weighted by molar-refractivity contribution is -0.165. The summed E-state index contributed by atoms with van der Waals surface area (Å²) in [5.41, 5.74) is 0.106. The first-order chi connectivity index (χ1) is 9.98. The summed E-state index contributed by atoms with van der Waals surface area (Å²) < 4.78 is 11.1. The molecule has 0 aromatic heterocycles. The highest BCUT2D eigenvalue weighted by Gasteiger charge is 2.56. The fourth-order valence-electron chi connectivity index (χ4n) is 3.36. The number of para-hydroxylation sites is 1. The summed E-state index contributed by atoms with van der Waals surface area (Å²) in [6.07, 6.45) is 0. The van der Waals surface area contributed by atoms with Gasteiger partial charge in [-0.05, 0) is 25.5 Å². The SMILES string of the molecule is CCOC(=O)[C@@H]1C(=O)N[C@]2(C)Oc3ccccc3[C@@H]1[C@H]2C. The van der Waals surface area contributed by atoms with E-state index in [4.69, 9.17) is 9.47 Å². The van der Waals surface area contributed by atoms with Crippen molar-refractivity contribution in [2.24, 2.45) is 11.8 Å². The zero-order valence-corrected chi connectivity index (χ0v) is 12.4. The fraction of sp³-hybridized carbons (Fsp3) is 0.500. The van der Waals surface area contributed by atoms with Gasteiger partial charge in [0.15, 0.2) is 5.72 Å². The maximum atomic E-state index is 12.4. The first-order valence-corrected chi connectivity index (χ1v) is 7.24. The molecule has 1 aromatic carbocycles. The Bertz CT molecular complexity index is 600. The third kappa shape index (κ3) is 1.99. The Hall–Kier alpha value is -2.04. The summed E-state index contributed by atoms with van der Waals surface area (Å²) >= 11 is 0. The van der Waals surface area contributed by atoms with Gasteiger partial charge in [0.1, 0.15) is 11.7 Å². The number of rotatable bonds is 2. The van der Waals surface area contributed by atoms with Gasteiger partial charge in [-0.3, -0.25) is 9.59 Å². The highest BCUT2D eigenvalue weighted by Crippen LogP contribution is 2.50. The monoisotopic (exact) mass is 289 g/mol. The third-order valence-electron chi connectivity index (χ3n) is 4.56. The number of fused-ring (bicyclic) bond motifs is 4. The maximum Gasteiger partial charge on any atom is 0.319 e. The first-order valence-electron chi connectivity index (χ1n) is 7.24. The molecule has 2 aliphatic heterocycles. The Morgan fingerprint density at radius 1 is 1.43 bits per heavy atom. The Labute approximate surface area is 123 Å². The van der Waals surface area contributed by atoms with Crippen LogP contribution in [0.5, 0.6) is 5.75 Å². The quantitative estimate of drug-likeness (QED) is 0.666. The second-order valence-corrected chi connectivity index (χ2v) is 5.78. The number of nitrogens with one attached hydrogen (secondary N) is 1. The van der Waals surface area contributed by atoms with Crippen molar-refractivity contribution in [3.05, 3.63) is 29.8 Å². The number of ether oxygens (including phenoxy) is 2. The summed E-state index contributed by atoms with van der Waals surface area (Å²) in [5, 5.41) is 2.84. The topological polar surface area (TPSA) is 64.6 Å². The number of piperidine rings is 1. The Balaban J connectivity index is 2.10. The van der Waals surface area contributed by atoms with Crippen LogP contribution in [0.25, 0.3) is 0 Å². The van der Waals surface area contributed by atoms with Gasteiger partial charge in [-0.25, -0.2) is 0 Å². The average Bonchev–Trinajstić information content (AvgIpc) is 2.42. The van der Waals surface area contributed by atoms with Crippen molar-refractivity contribution in [1.82, 2.24) is 5.32 Å². The van der Waals surface area contributed by atoms with Crippen LogP contribution in [0, 0.1) is 11.8 Å². The zero-order valence-electron chi connectivity index (χ0n) is 12.4. The minimum atomic E-state index is -0.821. The second kappa shape index (κ2) is 4.76. The molecular weight excluding hydrogens is 270 g/mol. The molecule has 21 heavy (non-hydrogen) atoms. The lowest BCUT2D eigenvalue weighted by Crippen LogP contribution is -2.66. The Morgan fingerprint density at radius 3 is 2.86 bits per heavy atom. The van der Waals surface area contributed by atoms with Crippen LogP contribution in [0.4, 0.5) is 0 Å². The van der Waals surface area contributed by atoms with Gasteiger partial charge in [0.05, 0.1) is 6.61 Å². The highest BCUT2D eigenvalue weighted by molar-refractivity contribution is 6.00. The standard InChI is InChI=1S/C16H19NO4/c1-4-20-15(19)13-12-9(2)16(3,17-14(13)18)21-11-8-6-5-7-10(11)12/h5-9,12-13H,4H2,1-3H3,(H,17,18)/t9-,12+,13+,16-/m1/s1. The summed E-state index contributed by atoms with van der Waals surface area (Å²) in [5.74, 6) is -1.15. The van der Waals surface area contributed by atoms with E-state index in [1.807, 2.05) is 38.1 Å². The van der Waals surface area contributed by atoms with Crippen molar-refractivity contribution >= 4 is 11.9 Å². The fourth-order valence-corrected chi connectivity index (χ4v) is 3.36. The van der Waals surface area contributed by atoms with Crippen LogP contribution in [-0.4, -0.2) is 24.2 Å². The molecule has 0 saturated carbocycles. The van der Waals surface area contributed by atoms with Gasteiger partial charge >= 0.3 is 5.97 Å². The smallest absolute Gasteiger partial charge is 0.319 e. The predicted octanol–water partition coefficient (Wildman–Crippen LogP) is 1.82. The molecule has 2 heterocycles. The van der Waals surface area contributed by atoms with Gasteiger partial charge in [0.2, 0.25) is 5.91 Å². The van der Waals surface area contributed by atoms with Crippen LogP contribution in [0.15, 0.2) is 24.3 Å². The normalized spacial score (nSPS) is 33.5. The van der Waals surface area contributed by atoms with E-state index < -0.39 is 17.6 Å². The summed E-state index contributed by atoms with van der Waals surface area (Å²) in [6, 6.07) is 7.56. The molecule has 0 aliphatic carbocycles. The highest BCUT2D eigenvalue weighted by atomic mass is 16.5. The number of carbonyl (C=O) groups is 2. The molecule has 5 nitrogen and oxygen atoms in total. The maximum absolute atomic E-state index is 12.4.